The van der Waals surface area contributed by atoms with E-state index in [0.717, 1.165) is 16.8 Å². The molecule has 4 aromatic rings. The Bertz CT molecular complexity index is 1150. The number of carbonyl (C=O) groups is 2. The molecule has 3 aromatic heterocycles. The van der Waals surface area contributed by atoms with Crippen LogP contribution in [0.15, 0.2) is 73.2 Å². The summed E-state index contributed by atoms with van der Waals surface area (Å²) in [6, 6.07) is 16.8. The van der Waals surface area contributed by atoms with Crippen molar-refractivity contribution in [3.8, 4) is 11.1 Å². The summed E-state index contributed by atoms with van der Waals surface area (Å²) < 4.78 is 1.82. The van der Waals surface area contributed by atoms with Crippen molar-refractivity contribution in [1.29, 1.82) is 0 Å². The van der Waals surface area contributed by atoms with Crippen LogP contribution in [0.1, 0.15) is 33.5 Å². The summed E-state index contributed by atoms with van der Waals surface area (Å²) in [4.78, 5) is 32.4. The van der Waals surface area contributed by atoms with Crippen molar-refractivity contribution in [3.63, 3.8) is 0 Å². The lowest BCUT2D eigenvalue weighted by atomic mass is 10.0. The Labute approximate surface area is 161 Å². The number of amides is 1. The highest BCUT2D eigenvalue weighted by molar-refractivity contribution is 5.94. The van der Waals surface area contributed by atoms with Crippen molar-refractivity contribution < 1.29 is 9.59 Å². The van der Waals surface area contributed by atoms with Gasteiger partial charge in [0.25, 0.3) is 5.91 Å². The molecule has 0 fully saturated rings. The lowest BCUT2D eigenvalue weighted by molar-refractivity contribution is 0.0945. The number of rotatable bonds is 5. The van der Waals surface area contributed by atoms with Crippen LogP contribution in [-0.4, -0.2) is 26.1 Å². The third kappa shape index (κ3) is 3.66. The molecule has 138 valence electrons. The highest BCUT2D eigenvalue weighted by Gasteiger charge is 2.11. The predicted octanol–water partition coefficient (Wildman–Crippen LogP) is 3.53. The molecule has 0 saturated heterocycles. The molecule has 6 nitrogen and oxygen atoms in total. The molecule has 0 bridgehead atoms. The minimum Gasteiger partial charge on any atom is -0.345 e. The van der Waals surface area contributed by atoms with Gasteiger partial charge >= 0.3 is 0 Å². The number of pyridine rings is 2. The number of aromatic nitrogens is 3. The second-order valence-corrected chi connectivity index (χ2v) is 6.45. The fraction of sp³-hybridized carbons (Fsp3) is 0.0909. The number of hydrogen-bond donors (Lipinski definition) is 1. The zero-order valence-corrected chi connectivity index (χ0v) is 15.3. The van der Waals surface area contributed by atoms with E-state index in [0.29, 0.717) is 23.4 Å². The maximum atomic E-state index is 12.4. The van der Waals surface area contributed by atoms with Gasteiger partial charge in [-0.05, 0) is 42.3 Å². The predicted molar refractivity (Wildman–Crippen MR) is 106 cm³/mol. The number of hydrogen-bond acceptors (Lipinski definition) is 4. The first-order valence-corrected chi connectivity index (χ1v) is 8.88. The SMILES string of the molecule is CC(=O)c1ccc(-c2ccc3nc(C(=O)NCc4ccccn4)cn3c2)cc1. The first-order chi connectivity index (χ1) is 13.6. The minimum absolute atomic E-state index is 0.0398. The second-order valence-electron chi connectivity index (χ2n) is 6.45. The summed E-state index contributed by atoms with van der Waals surface area (Å²) in [5.41, 5.74) is 4.46. The Kier molecular flexibility index (Phi) is 4.68. The van der Waals surface area contributed by atoms with Crippen molar-refractivity contribution in [2.75, 3.05) is 0 Å². The molecule has 0 saturated carbocycles. The lowest BCUT2D eigenvalue weighted by Gasteiger charge is -2.03. The van der Waals surface area contributed by atoms with Crippen LogP contribution >= 0.6 is 0 Å². The number of fused-ring (bicyclic) bond motifs is 1. The van der Waals surface area contributed by atoms with Crippen LogP contribution in [0.25, 0.3) is 16.8 Å². The first kappa shape index (κ1) is 17.6. The van der Waals surface area contributed by atoms with E-state index in [1.807, 2.05) is 65.2 Å². The number of benzene rings is 1. The van der Waals surface area contributed by atoms with E-state index in [4.69, 9.17) is 0 Å². The van der Waals surface area contributed by atoms with E-state index >= 15 is 0 Å². The van der Waals surface area contributed by atoms with Crippen LogP contribution in [0, 0.1) is 0 Å². The van der Waals surface area contributed by atoms with Gasteiger partial charge in [-0.15, -0.1) is 0 Å². The quantitative estimate of drug-likeness (QED) is 0.545. The number of nitrogens with zero attached hydrogens (tertiary/aromatic N) is 3. The van der Waals surface area contributed by atoms with Crippen LogP contribution in [-0.2, 0) is 6.54 Å². The Balaban J connectivity index is 1.54. The molecule has 0 radical (unpaired) electrons. The molecule has 3 heterocycles. The zero-order valence-electron chi connectivity index (χ0n) is 15.3. The Hall–Kier alpha value is -3.80. The average Bonchev–Trinajstić information content (AvgIpc) is 3.16. The Morgan fingerprint density at radius 1 is 0.964 bits per heavy atom. The summed E-state index contributed by atoms with van der Waals surface area (Å²) in [7, 11) is 0. The van der Waals surface area contributed by atoms with Crippen molar-refractivity contribution in [3.05, 3.63) is 90.1 Å². The lowest BCUT2D eigenvalue weighted by Crippen LogP contribution is -2.23. The van der Waals surface area contributed by atoms with E-state index in [-0.39, 0.29) is 11.7 Å². The van der Waals surface area contributed by atoms with E-state index in [2.05, 4.69) is 15.3 Å². The van der Waals surface area contributed by atoms with Crippen LogP contribution in [0.4, 0.5) is 0 Å². The van der Waals surface area contributed by atoms with Gasteiger partial charge in [0.15, 0.2) is 5.78 Å². The van der Waals surface area contributed by atoms with Gasteiger partial charge < -0.3 is 9.72 Å². The largest absolute Gasteiger partial charge is 0.345 e. The van der Waals surface area contributed by atoms with Gasteiger partial charge in [0.05, 0.1) is 12.2 Å². The molecule has 4 rings (SSSR count). The minimum atomic E-state index is -0.248. The first-order valence-electron chi connectivity index (χ1n) is 8.88. The van der Waals surface area contributed by atoms with Gasteiger partial charge in [0.2, 0.25) is 0 Å². The summed E-state index contributed by atoms with van der Waals surface area (Å²) in [6.07, 6.45) is 5.31. The highest BCUT2D eigenvalue weighted by Crippen LogP contribution is 2.21. The standard InChI is InChI=1S/C22H18N4O2/c1-15(27)16-5-7-17(8-6-16)18-9-10-21-25-20(14-26(21)13-18)22(28)24-12-19-4-2-3-11-23-19/h2-11,13-14H,12H2,1H3,(H,24,28). The van der Waals surface area contributed by atoms with Gasteiger partial charge in [-0.1, -0.05) is 30.3 Å². The normalized spacial score (nSPS) is 10.8. The van der Waals surface area contributed by atoms with E-state index in [9.17, 15) is 9.59 Å². The number of imidazole rings is 1. The van der Waals surface area contributed by atoms with Crippen molar-refractivity contribution >= 4 is 17.3 Å². The summed E-state index contributed by atoms with van der Waals surface area (Å²) in [5.74, 6) is -0.209. The highest BCUT2D eigenvalue weighted by atomic mass is 16.2. The van der Waals surface area contributed by atoms with Gasteiger partial charge in [0.1, 0.15) is 11.3 Å². The molecule has 0 aliphatic rings. The third-order valence-corrected chi connectivity index (χ3v) is 4.46. The van der Waals surface area contributed by atoms with Crippen molar-refractivity contribution in [2.24, 2.45) is 0 Å². The second kappa shape index (κ2) is 7.44. The molecule has 0 aliphatic heterocycles. The molecule has 0 unspecified atom stereocenters. The number of Topliss-reactive ketones (excluding diaryl/α,β-unsaturated/α-hetero) is 1. The van der Waals surface area contributed by atoms with Crippen LogP contribution in [0.5, 0.6) is 0 Å². The monoisotopic (exact) mass is 370 g/mol. The molecule has 6 heteroatoms. The molecular weight excluding hydrogens is 352 g/mol. The van der Waals surface area contributed by atoms with Gasteiger partial charge in [0, 0.05) is 24.2 Å². The molecule has 1 N–H and O–H groups in total. The topological polar surface area (TPSA) is 76.4 Å². The number of carbonyl (C=O) groups excluding carboxylic acids is 2. The van der Waals surface area contributed by atoms with Crippen molar-refractivity contribution in [2.45, 2.75) is 13.5 Å². The maximum Gasteiger partial charge on any atom is 0.271 e. The van der Waals surface area contributed by atoms with E-state index in [1.54, 1.807) is 19.3 Å². The van der Waals surface area contributed by atoms with E-state index in [1.165, 1.54) is 0 Å². The van der Waals surface area contributed by atoms with Crippen LogP contribution in [0.2, 0.25) is 0 Å². The summed E-state index contributed by atoms with van der Waals surface area (Å²) >= 11 is 0. The molecule has 1 aromatic carbocycles. The molecule has 1 amide bonds. The third-order valence-electron chi connectivity index (χ3n) is 4.46. The molecule has 0 spiro atoms. The maximum absolute atomic E-state index is 12.4. The van der Waals surface area contributed by atoms with E-state index < -0.39 is 0 Å². The fourth-order valence-corrected chi connectivity index (χ4v) is 2.93. The molecule has 28 heavy (non-hydrogen) atoms. The fourth-order valence-electron chi connectivity index (χ4n) is 2.93. The van der Waals surface area contributed by atoms with Gasteiger partial charge in [-0.25, -0.2) is 4.98 Å². The Morgan fingerprint density at radius 3 is 2.46 bits per heavy atom. The average molecular weight is 370 g/mol. The van der Waals surface area contributed by atoms with Crippen LogP contribution < -0.4 is 5.32 Å². The van der Waals surface area contributed by atoms with Gasteiger partial charge in [-0.3, -0.25) is 14.6 Å². The molecule has 0 aliphatic carbocycles. The molecular formula is C22H18N4O2. The molecule has 0 atom stereocenters. The number of ketones is 1. The summed E-state index contributed by atoms with van der Waals surface area (Å²) in [6.45, 7) is 1.90. The smallest absolute Gasteiger partial charge is 0.271 e. The zero-order chi connectivity index (χ0) is 19.5. The summed E-state index contributed by atoms with van der Waals surface area (Å²) in [5, 5.41) is 2.83. The van der Waals surface area contributed by atoms with Crippen LogP contribution in [0.3, 0.4) is 0 Å². The van der Waals surface area contributed by atoms with Gasteiger partial charge in [-0.2, -0.15) is 0 Å². The van der Waals surface area contributed by atoms with Crippen molar-refractivity contribution in [1.82, 2.24) is 19.7 Å². The number of nitrogens with one attached hydrogen (secondary N) is 1. The Morgan fingerprint density at radius 2 is 1.75 bits per heavy atom.